The number of hydrogen-bond donors (Lipinski definition) is 1. The summed E-state index contributed by atoms with van der Waals surface area (Å²) in [7, 11) is 0. The Hall–Kier alpha value is -1.58. The first kappa shape index (κ1) is 8.71. The lowest BCUT2D eigenvalue weighted by Crippen LogP contribution is -2.00. The Morgan fingerprint density at radius 3 is 3.00 bits per heavy atom. The second-order valence-electron chi connectivity index (χ2n) is 4.10. The molecule has 78 valence electrons. The molecule has 1 aliphatic rings. The summed E-state index contributed by atoms with van der Waals surface area (Å²) in [6.07, 6.45) is 4.23. The van der Waals surface area contributed by atoms with Crippen LogP contribution in [0.3, 0.4) is 0 Å². The lowest BCUT2D eigenvalue weighted by atomic mass is 10.4. The van der Waals surface area contributed by atoms with Gasteiger partial charge < -0.3 is 10.3 Å². The topological polar surface area (TPSA) is 56.7 Å². The van der Waals surface area contributed by atoms with Gasteiger partial charge in [0.05, 0.1) is 11.9 Å². The molecule has 0 amide bonds. The number of nitrogen functional groups attached to an aromatic ring is 1. The molecule has 2 aromatic heterocycles. The van der Waals surface area contributed by atoms with Gasteiger partial charge in [0.2, 0.25) is 0 Å². The van der Waals surface area contributed by atoms with Crippen LogP contribution in [0.15, 0.2) is 12.3 Å². The molecule has 0 atom stereocenters. The van der Waals surface area contributed by atoms with Crippen molar-refractivity contribution < 1.29 is 0 Å². The summed E-state index contributed by atoms with van der Waals surface area (Å²) in [5.74, 6) is 1.84. The van der Waals surface area contributed by atoms with E-state index in [1.165, 1.54) is 18.7 Å². The van der Waals surface area contributed by atoms with Crippen molar-refractivity contribution in [3.8, 4) is 0 Å². The Bertz CT molecular complexity index is 511. The minimum absolute atomic E-state index is 0.653. The summed E-state index contributed by atoms with van der Waals surface area (Å²) in [6.45, 7) is 3.06. The molecule has 0 radical (unpaired) electrons. The summed E-state index contributed by atoms with van der Waals surface area (Å²) in [5, 5.41) is 0. The SMILES string of the molecule is CCn1c(C2CC2)nc2cc(N)cnc21. The van der Waals surface area contributed by atoms with Gasteiger partial charge in [-0.2, -0.15) is 0 Å². The van der Waals surface area contributed by atoms with Crippen molar-refractivity contribution in [1.29, 1.82) is 0 Å². The highest BCUT2D eigenvalue weighted by atomic mass is 15.1. The van der Waals surface area contributed by atoms with Gasteiger partial charge in [0.1, 0.15) is 11.3 Å². The van der Waals surface area contributed by atoms with E-state index in [-0.39, 0.29) is 0 Å². The predicted molar refractivity (Wildman–Crippen MR) is 59.6 cm³/mol. The van der Waals surface area contributed by atoms with E-state index < -0.39 is 0 Å². The fourth-order valence-corrected chi connectivity index (χ4v) is 2.01. The molecule has 2 N–H and O–H groups in total. The van der Waals surface area contributed by atoms with Gasteiger partial charge in [-0.05, 0) is 25.8 Å². The average Bonchev–Trinajstić information content (AvgIpc) is 2.99. The first-order valence-electron chi connectivity index (χ1n) is 5.41. The van der Waals surface area contributed by atoms with Gasteiger partial charge in [0, 0.05) is 12.5 Å². The molecule has 1 saturated carbocycles. The van der Waals surface area contributed by atoms with Gasteiger partial charge in [-0.15, -0.1) is 0 Å². The van der Waals surface area contributed by atoms with Gasteiger partial charge in [-0.25, -0.2) is 9.97 Å². The van der Waals surface area contributed by atoms with Crippen molar-refractivity contribution in [1.82, 2.24) is 14.5 Å². The van der Waals surface area contributed by atoms with Gasteiger partial charge in [0.25, 0.3) is 0 Å². The second-order valence-corrected chi connectivity index (χ2v) is 4.10. The minimum Gasteiger partial charge on any atom is -0.397 e. The second kappa shape index (κ2) is 2.95. The maximum absolute atomic E-state index is 5.70. The molecule has 0 bridgehead atoms. The monoisotopic (exact) mass is 202 g/mol. The zero-order valence-electron chi connectivity index (χ0n) is 8.77. The van der Waals surface area contributed by atoms with E-state index in [0.29, 0.717) is 11.6 Å². The third-order valence-corrected chi connectivity index (χ3v) is 2.89. The van der Waals surface area contributed by atoms with Crippen LogP contribution in [0.5, 0.6) is 0 Å². The van der Waals surface area contributed by atoms with Crippen LogP contribution in [0, 0.1) is 0 Å². The van der Waals surface area contributed by atoms with Crippen molar-refractivity contribution in [2.45, 2.75) is 32.2 Å². The zero-order chi connectivity index (χ0) is 10.4. The van der Waals surface area contributed by atoms with Gasteiger partial charge in [-0.3, -0.25) is 0 Å². The normalized spacial score (nSPS) is 16.1. The minimum atomic E-state index is 0.653. The summed E-state index contributed by atoms with van der Waals surface area (Å²) < 4.78 is 2.20. The Balaban J connectivity index is 2.26. The van der Waals surface area contributed by atoms with Crippen molar-refractivity contribution in [2.75, 3.05) is 5.73 Å². The van der Waals surface area contributed by atoms with Crippen molar-refractivity contribution in [3.63, 3.8) is 0 Å². The van der Waals surface area contributed by atoms with Crippen LogP contribution in [0.25, 0.3) is 11.2 Å². The summed E-state index contributed by atoms with van der Waals surface area (Å²) in [5.41, 5.74) is 8.29. The maximum atomic E-state index is 5.70. The quantitative estimate of drug-likeness (QED) is 0.809. The number of pyridine rings is 1. The number of aryl methyl sites for hydroxylation is 1. The molecule has 3 rings (SSSR count). The smallest absolute Gasteiger partial charge is 0.160 e. The van der Waals surface area contributed by atoms with E-state index in [4.69, 9.17) is 5.73 Å². The molecule has 15 heavy (non-hydrogen) atoms. The summed E-state index contributed by atoms with van der Waals surface area (Å²) >= 11 is 0. The van der Waals surface area contributed by atoms with Crippen molar-refractivity contribution >= 4 is 16.9 Å². The Labute approximate surface area is 88.1 Å². The highest BCUT2D eigenvalue weighted by molar-refractivity contribution is 5.75. The van der Waals surface area contributed by atoms with Crippen LogP contribution in [0.1, 0.15) is 31.5 Å². The molecule has 1 fully saturated rings. The highest BCUT2D eigenvalue weighted by Crippen LogP contribution is 2.40. The van der Waals surface area contributed by atoms with Crippen molar-refractivity contribution in [2.24, 2.45) is 0 Å². The summed E-state index contributed by atoms with van der Waals surface area (Å²) in [6, 6.07) is 1.90. The summed E-state index contributed by atoms with van der Waals surface area (Å²) in [4.78, 5) is 8.98. The number of fused-ring (bicyclic) bond motifs is 1. The van der Waals surface area contributed by atoms with Gasteiger partial charge >= 0.3 is 0 Å². The molecule has 4 nitrogen and oxygen atoms in total. The predicted octanol–water partition coefficient (Wildman–Crippen LogP) is 1.91. The number of rotatable bonds is 2. The third kappa shape index (κ3) is 1.28. The molecular weight excluding hydrogens is 188 g/mol. The molecule has 0 aliphatic heterocycles. The molecule has 0 saturated heterocycles. The molecule has 2 aromatic rings. The van der Waals surface area contributed by atoms with E-state index in [9.17, 15) is 0 Å². The fraction of sp³-hybridized carbons (Fsp3) is 0.455. The highest BCUT2D eigenvalue weighted by Gasteiger charge is 2.29. The number of nitrogens with zero attached hydrogens (tertiary/aromatic N) is 3. The standard InChI is InChI=1S/C11H14N4/c1-2-15-10(7-3-4-7)14-9-5-8(12)6-13-11(9)15/h5-7H,2-4,12H2,1H3. The molecular formula is C11H14N4. The lowest BCUT2D eigenvalue weighted by molar-refractivity contribution is 0.714. The average molecular weight is 202 g/mol. The maximum Gasteiger partial charge on any atom is 0.160 e. The fourth-order valence-electron chi connectivity index (χ4n) is 2.01. The molecule has 4 heteroatoms. The molecule has 0 unspecified atom stereocenters. The number of aromatic nitrogens is 3. The van der Waals surface area contributed by atoms with E-state index in [2.05, 4.69) is 21.5 Å². The first-order valence-corrected chi connectivity index (χ1v) is 5.41. The van der Waals surface area contributed by atoms with Crippen LogP contribution in [0.4, 0.5) is 5.69 Å². The van der Waals surface area contributed by atoms with E-state index in [1.54, 1.807) is 6.20 Å². The third-order valence-electron chi connectivity index (χ3n) is 2.89. The van der Waals surface area contributed by atoms with Crippen LogP contribution in [0.2, 0.25) is 0 Å². The van der Waals surface area contributed by atoms with Crippen LogP contribution in [-0.4, -0.2) is 14.5 Å². The van der Waals surface area contributed by atoms with Gasteiger partial charge in [-0.1, -0.05) is 0 Å². The zero-order valence-corrected chi connectivity index (χ0v) is 8.77. The van der Waals surface area contributed by atoms with Crippen LogP contribution in [-0.2, 0) is 6.54 Å². The number of imidazole rings is 1. The lowest BCUT2D eigenvalue weighted by Gasteiger charge is -2.02. The molecule has 0 aromatic carbocycles. The number of hydrogen-bond acceptors (Lipinski definition) is 3. The van der Waals surface area contributed by atoms with Crippen LogP contribution < -0.4 is 5.73 Å². The van der Waals surface area contributed by atoms with E-state index >= 15 is 0 Å². The Kier molecular flexibility index (Phi) is 1.71. The Morgan fingerprint density at radius 1 is 1.53 bits per heavy atom. The molecule has 2 heterocycles. The largest absolute Gasteiger partial charge is 0.397 e. The number of anilines is 1. The van der Waals surface area contributed by atoms with E-state index in [0.717, 1.165) is 17.7 Å². The number of nitrogens with two attached hydrogens (primary N) is 1. The molecule has 0 spiro atoms. The van der Waals surface area contributed by atoms with E-state index in [1.807, 2.05) is 6.07 Å². The molecule has 1 aliphatic carbocycles. The van der Waals surface area contributed by atoms with Crippen LogP contribution >= 0.6 is 0 Å². The van der Waals surface area contributed by atoms with Gasteiger partial charge in [0.15, 0.2) is 5.65 Å². The van der Waals surface area contributed by atoms with Crippen molar-refractivity contribution in [3.05, 3.63) is 18.1 Å². The first-order chi connectivity index (χ1) is 7.29. The Morgan fingerprint density at radius 2 is 2.33 bits per heavy atom.